The Bertz CT molecular complexity index is 375. The van der Waals surface area contributed by atoms with Crippen LogP contribution in [0.2, 0.25) is 0 Å². The lowest BCUT2D eigenvalue weighted by Crippen LogP contribution is -2.21. The van der Waals surface area contributed by atoms with E-state index in [4.69, 9.17) is 10.8 Å². The summed E-state index contributed by atoms with van der Waals surface area (Å²) >= 11 is 2.69. The summed E-state index contributed by atoms with van der Waals surface area (Å²) in [5, 5.41) is 8.74. The Morgan fingerprint density at radius 1 is 1.47 bits per heavy atom. The quantitative estimate of drug-likeness (QED) is 0.830. The number of carboxylic acids is 1. The van der Waals surface area contributed by atoms with E-state index in [1.165, 1.54) is 0 Å². The number of rotatable bonds is 3. The molecule has 0 aliphatic rings. The lowest BCUT2D eigenvalue weighted by atomic mass is 9.99. The number of hydrogen-bond donors (Lipinski definition) is 2. The van der Waals surface area contributed by atoms with Gasteiger partial charge < -0.3 is 10.8 Å². The number of hydrogen-bond acceptors (Lipinski definition) is 2. The zero-order valence-electron chi connectivity index (χ0n) is 7.51. The molecule has 1 aromatic carbocycles. The van der Waals surface area contributed by atoms with Gasteiger partial charge in [0.05, 0.1) is 10.4 Å². The van der Waals surface area contributed by atoms with Crippen molar-refractivity contribution in [3.8, 4) is 0 Å². The van der Waals surface area contributed by atoms with Gasteiger partial charge in [0.1, 0.15) is 11.6 Å². The zero-order valence-corrected chi connectivity index (χ0v) is 9.09. The highest BCUT2D eigenvalue weighted by Gasteiger charge is 2.20. The van der Waals surface area contributed by atoms with Crippen molar-refractivity contribution in [3.63, 3.8) is 0 Å². The second kappa shape index (κ2) is 4.67. The first-order valence-electron chi connectivity index (χ1n) is 4.04. The largest absolute Gasteiger partial charge is 0.481 e. The van der Waals surface area contributed by atoms with Crippen molar-refractivity contribution in [2.75, 3.05) is 6.54 Å². The Morgan fingerprint density at radius 2 is 1.93 bits per heavy atom. The van der Waals surface area contributed by atoms with Gasteiger partial charge in [-0.05, 0) is 33.6 Å². The summed E-state index contributed by atoms with van der Waals surface area (Å²) in [4.78, 5) is 10.7. The number of halogens is 3. The first-order chi connectivity index (χ1) is 6.97. The molecule has 0 amide bonds. The maximum Gasteiger partial charge on any atom is 0.312 e. The van der Waals surface area contributed by atoms with Crippen molar-refractivity contribution >= 4 is 21.9 Å². The lowest BCUT2D eigenvalue weighted by Gasteiger charge is -2.10. The molecular formula is C9H8BrF2NO2. The molecule has 0 aliphatic carbocycles. The minimum atomic E-state index is -1.21. The highest BCUT2D eigenvalue weighted by atomic mass is 79.9. The van der Waals surface area contributed by atoms with Crippen molar-refractivity contribution in [2.45, 2.75) is 5.92 Å². The molecule has 1 aromatic rings. The highest BCUT2D eigenvalue weighted by molar-refractivity contribution is 9.10. The minimum absolute atomic E-state index is 0.0169. The van der Waals surface area contributed by atoms with Crippen LogP contribution >= 0.6 is 15.9 Å². The molecule has 0 radical (unpaired) electrons. The van der Waals surface area contributed by atoms with E-state index in [0.717, 1.165) is 12.1 Å². The molecule has 3 N–H and O–H groups in total. The van der Waals surface area contributed by atoms with Crippen molar-refractivity contribution in [2.24, 2.45) is 5.73 Å². The van der Waals surface area contributed by atoms with Crippen LogP contribution in [0.3, 0.4) is 0 Å². The molecule has 0 aliphatic heterocycles. The molecule has 0 saturated heterocycles. The van der Waals surface area contributed by atoms with Crippen LogP contribution in [0.4, 0.5) is 8.78 Å². The van der Waals surface area contributed by atoms with Crippen LogP contribution in [0, 0.1) is 11.6 Å². The van der Waals surface area contributed by atoms with Crippen LogP contribution in [0.1, 0.15) is 11.5 Å². The van der Waals surface area contributed by atoms with Crippen LogP contribution in [-0.4, -0.2) is 17.6 Å². The van der Waals surface area contributed by atoms with Gasteiger partial charge in [0.2, 0.25) is 0 Å². The van der Waals surface area contributed by atoms with Gasteiger partial charge in [0, 0.05) is 6.54 Å². The van der Waals surface area contributed by atoms with Gasteiger partial charge in [0.15, 0.2) is 0 Å². The van der Waals surface area contributed by atoms with Crippen molar-refractivity contribution < 1.29 is 18.7 Å². The summed E-state index contributed by atoms with van der Waals surface area (Å²) < 4.78 is 25.8. The summed E-state index contributed by atoms with van der Waals surface area (Å²) in [6.07, 6.45) is 0. The molecular weight excluding hydrogens is 272 g/mol. The Kier molecular flexibility index (Phi) is 3.76. The van der Waals surface area contributed by atoms with E-state index in [1.54, 1.807) is 0 Å². The van der Waals surface area contributed by atoms with E-state index < -0.39 is 23.5 Å². The Morgan fingerprint density at radius 3 is 2.27 bits per heavy atom. The number of carbonyl (C=O) groups is 1. The fraction of sp³-hybridized carbons (Fsp3) is 0.222. The maximum absolute atomic E-state index is 13.1. The average Bonchev–Trinajstić information content (AvgIpc) is 2.14. The van der Waals surface area contributed by atoms with Gasteiger partial charge in [-0.2, -0.15) is 0 Å². The van der Waals surface area contributed by atoms with Crippen molar-refractivity contribution in [1.82, 2.24) is 0 Å². The highest BCUT2D eigenvalue weighted by Crippen LogP contribution is 2.25. The Hall–Kier alpha value is -1.01. The molecule has 1 unspecified atom stereocenters. The second-order valence-corrected chi connectivity index (χ2v) is 3.72. The van der Waals surface area contributed by atoms with Gasteiger partial charge in [-0.25, -0.2) is 8.78 Å². The third-order valence-corrected chi connectivity index (χ3v) is 2.70. The smallest absolute Gasteiger partial charge is 0.312 e. The summed E-state index contributed by atoms with van der Waals surface area (Å²) in [5.74, 6) is -3.99. The fourth-order valence-electron chi connectivity index (χ4n) is 1.16. The van der Waals surface area contributed by atoms with Gasteiger partial charge in [-0.15, -0.1) is 0 Å². The SMILES string of the molecule is NCC(C(=O)O)c1cc(F)c(Br)c(F)c1. The lowest BCUT2D eigenvalue weighted by molar-refractivity contribution is -0.138. The molecule has 0 saturated carbocycles. The number of benzene rings is 1. The average molecular weight is 280 g/mol. The predicted molar refractivity (Wildman–Crippen MR) is 53.5 cm³/mol. The molecule has 1 rings (SSSR count). The molecule has 15 heavy (non-hydrogen) atoms. The molecule has 0 aromatic heterocycles. The van der Waals surface area contributed by atoms with E-state index in [2.05, 4.69) is 15.9 Å². The molecule has 0 fully saturated rings. The van der Waals surface area contributed by atoms with Crippen molar-refractivity contribution in [1.29, 1.82) is 0 Å². The Labute approximate surface area is 93.0 Å². The number of nitrogens with two attached hydrogens (primary N) is 1. The third kappa shape index (κ3) is 2.51. The normalized spacial score (nSPS) is 12.5. The number of aliphatic carboxylic acids is 1. The first-order valence-corrected chi connectivity index (χ1v) is 4.84. The first kappa shape index (κ1) is 12.1. The molecule has 3 nitrogen and oxygen atoms in total. The predicted octanol–water partition coefficient (Wildman–Crippen LogP) is 1.85. The van der Waals surface area contributed by atoms with Gasteiger partial charge in [0.25, 0.3) is 0 Å². The standard InChI is InChI=1S/C9H8BrF2NO2/c10-8-6(11)1-4(2-7(8)12)5(3-13)9(14)15/h1-2,5H,3,13H2,(H,14,15). The summed E-state index contributed by atoms with van der Waals surface area (Å²) in [6, 6.07) is 1.91. The van der Waals surface area contributed by atoms with Gasteiger partial charge >= 0.3 is 5.97 Å². The van der Waals surface area contributed by atoms with E-state index in [-0.39, 0.29) is 16.6 Å². The van der Waals surface area contributed by atoms with E-state index >= 15 is 0 Å². The number of carboxylic acid groups (broad SMARTS) is 1. The summed E-state index contributed by atoms with van der Waals surface area (Å²) in [6.45, 7) is -0.212. The summed E-state index contributed by atoms with van der Waals surface area (Å²) in [5.41, 5.74) is 5.22. The maximum atomic E-state index is 13.1. The second-order valence-electron chi connectivity index (χ2n) is 2.93. The van der Waals surface area contributed by atoms with Crippen LogP contribution in [-0.2, 0) is 4.79 Å². The molecule has 6 heteroatoms. The van der Waals surface area contributed by atoms with Crippen molar-refractivity contribution in [3.05, 3.63) is 33.8 Å². The van der Waals surface area contributed by atoms with Gasteiger partial charge in [-0.1, -0.05) is 0 Å². The monoisotopic (exact) mass is 279 g/mol. The third-order valence-electron chi connectivity index (χ3n) is 1.94. The topological polar surface area (TPSA) is 63.3 Å². The summed E-state index contributed by atoms with van der Waals surface area (Å²) in [7, 11) is 0. The van der Waals surface area contributed by atoms with Crippen LogP contribution in [0.15, 0.2) is 16.6 Å². The van der Waals surface area contributed by atoms with Gasteiger partial charge in [-0.3, -0.25) is 4.79 Å². The van der Waals surface area contributed by atoms with Crippen LogP contribution in [0.25, 0.3) is 0 Å². The van der Waals surface area contributed by atoms with Crippen LogP contribution < -0.4 is 5.73 Å². The molecule has 0 spiro atoms. The molecule has 0 heterocycles. The Balaban J connectivity index is 3.20. The minimum Gasteiger partial charge on any atom is -0.481 e. The molecule has 82 valence electrons. The van der Waals surface area contributed by atoms with E-state index in [0.29, 0.717) is 0 Å². The van der Waals surface area contributed by atoms with Crippen LogP contribution in [0.5, 0.6) is 0 Å². The fourth-order valence-corrected chi connectivity index (χ4v) is 1.38. The van der Waals surface area contributed by atoms with E-state index in [9.17, 15) is 13.6 Å². The zero-order chi connectivity index (χ0) is 11.6. The van der Waals surface area contributed by atoms with E-state index in [1.807, 2.05) is 0 Å². The molecule has 0 bridgehead atoms. The molecule has 1 atom stereocenters.